The standard InChI is InChI=1S/C10H19NO3S/c1-2-15(12,13)11-9-3-4-10(9)5-7-14-8-6-10/h9,11H,2-8H2,1H3. The van der Waals surface area contributed by atoms with Gasteiger partial charge in [0.05, 0.1) is 5.75 Å². The number of sulfonamides is 1. The highest BCUT2D eigenvalue weighted by molar-refractivity contribution is 7.89. The monoisotopic (exact) mass is 233 g/mol. The second-order valence-electron chi connectivity index (χ2n) is 4.59. The average molecular weight is 233 g/mol. The lowest BCUT2D eigenvalue weighted by molar-refractivity contribution is -0.0483. The van der Waals surface area contributed by atoms with Crippen molar-refractivity contribution < 1.29 is 13.2 Å². The van der Waals surface area contributed by atoms with Gasteiger partial charge in [-0.15, -0.1) is 0 Å². The predicted octanol–water partition coefficient (Wildman–Crippen LogP) is 0.885. The van der Waals surface area contributed by atoms with E-state index < -0.39 is 10.0 Å². The van der Waals surface area contributed by atoms with Gasteiger partial charge in [0.25, 0.3) is 0 Å². The summed E-state index contributed by atoms with van der Waals surface area (Å²) in [6.45, 7) is 3.24. The van der Waals surface area contributed by atoms with Gasteiger partial charge in [-0.3, -0.25) is 0 Å². The van der Waals surface area contributed by atoms with E-state index in [1.165, 1.54) is 0 Å². The molecule has 1 N–H and O–H groups in total. The van der Waals surface area contributed by atoms with Gasteiger partial charge in [0.2, 0.25) is 10.0 Å². The van der Waals surface area contributed by atoms with E-state index >= 15 is 0 Å². The number of ether oxygens (including phenoxy) is 1. The lowest BCUT2D eigenvalue weighted by Gasteiger charge is -2.51. The first-order valence-corrected chi connectivity index (χ1v) is 7.31. The van der Waals surface area contributed by atoms with Gasteiger partial charge in [-0.1, -0.05) is 0 Å². The summed E-state index contributed by atoms with van der Waals surface area (Å²) in [6.07, 6.45) is 4.14. The van der Waals surface area contributed by atoms with Crippen LogP contribution in [0.25, 0.3) is 0 Å². The van der Waals surface area contributed by atoms with Crippen molar-refractivity contribution in [2.45, 2.75) is 38.6 Å². The summed E-state index contributed by atoms with van der Waals surface area (Å²) in [4.78, 5) is 0. The van der Waals surface area contributed by atoms with Crippen LogP contribution in [0, 0.1) is 5.41 Å². The molecule has 1 saturated heterocycles. The van der Waals surface area contributed by atoms with Gasteiger partial charge < -0.3 is 4.74 Å². The Morgan fingerprint density at radius 3 is 2.47 bits per heavy atom. The molecule has 1 unspecified atom stereocenters. The van der Waals surface area contributed by atoms with Gasteiger partial charge in [0, 0.05) is 19.3 Å². The molecule has 1 saturated carbocycles. The number of hydrogen-bond donors (Lipinski definition) is 1. The van der Waals surface area contributed by atoms with E-state index in [0.29, 0.717) is 0 Å². The third-order valence-electron chi connectivity index (χ3n) is 3.86. The van der Waals surface area contributed by atoms with Crippen molar-refractivity contribution in [3.05, 3.63) is 0 Å². The minimum Gasteiger partial charge on any atom is -0.381 e. The van der Waals surface area contributed by atoms with Gasteiger partial charge in [-0.2, -0.15) is 0 Å². The Bertz CT molecular complexity index is 320. The fraction of sp³-hybridized carbons (Fsp3) is 1.00. The average Bonchev–Trinajstić information content (AvgIpc) is 2.26. The molecule has 4 nitrogen and oxygen atoms in total. The highest BCUT2D eigenvalue weighted by Crippen LogP contribution is 2.48. The van der Waals surface area contributed by atoms with E-state index in [1.807, 2.05) is 0 Å². The van der Waals surface area contributed by atoms with Crippen molar-refractivity contribution in [1.29, 1.82) is 0 Å². The van der Waals surface area contributed by atoms with Crippen LogP contribution in [0.15, 0.2) is 0 Å². The first kappa shape index (κ1) is 11.4. The Morgan fingerprint density at radius 2 is 2.00 bits per heavy atom. The van der Waals surface area contributed by atoms with Gasteiger partial charge in [0.15, 0.2) is 0 Å². The number of nitrogens with one attached hydrogen (secondary N) is 1. The Kier molecular flexibility index (Phi) is 3.05. The molecule has 0 radical (unpaired) electrons. The molecule has 0 amide bonds. The predicted molar refractivity (Wildman–Crippen MR) is 58.1 cm³/mol. The second kappa shape index (κ2) is 4.03. The molecule has 5 heteroatoms. The fourth-order valence-electron chi connectivity index (χ4n) is 2.56. The molecule has 15 heavy (non-hydrogen) atoms. The van der Waals surface area contributed by atoms with E-state index in [0.717, 1.165) is 38.9 Å². The minimum absolute atomic E-state index is 0.159. The summed E-state index contributed by atoms with van der Waals surface area (Å²) in [5.41, 5.74) is 0.209. The van der Waals surface area contributed by atoms with Crippen LogP contribution in [0.5, 0.6) is 0 Å². The van der Waals surface area contributed by atoms with Crippen LogP contribution in [-0.2, 0) is 14.8 Å². The Balaban J connectivity index is 1.99. The van der Waals surface area contributed by atoms with Gasteiger partial charge >= 0.3 is 0 Å². The molecule has 1 aliphatic heterocycles. The number of hydrogen-bond acceptors (Lipinski definition) is 3. The maximum Gasteiger partial charge on any atom is 0.211 e. The second-order valence-corrected chi connectivity index (χ2v) is 6.63. The van der Waals surface area contributed by atoms with E-state index in [1.54, 1.807) is 6.92 Å². The minimum atomic E-state index is -3.05. The molecule has 2 fully saturated rings. The summed E-state index contributed by atoms with van der Waals surface area (Å²) >= 11 is 0. The van der Waals surface area contributed by atoms with Crippen LogP contribution in [0.4, 0.5) is 0 Å². The molecule has 88 valence electrons. The van der Waals surface area contributed by atoms with Crippen molar-refractivity contribution >= 4 is 10.0 Å². The molecule has 2 aliphatic rings. The molecule has 1 spiro atoms. The molecular weight excluding hydrogens is 214 g/mol. The molecule has 0 aromatic heterocycles. The van der Waals surface area contributed by atoms with E-state index in [-0.39, 0.29) is 17.2 Å². The maximum atomic E-state index is 11.5. The van der Waals surface area contributed by atoms with Crippen LogP contribution in [0.2, 0.25) is 0 Å². The van der Waals surface area contributed by atoms with Gasteiger partial charge in [0.1, 0.15) is 0 Å². The van der Waals surface area contributed by atoms with Crippen molar-refractivity contribution in [1.82, 2.24) is 4.72 Å². The zero-order valence-electron chi connectivity index (χ0n) is 9.16. The Hall–Kier alpha value is -0.130. The van der Waals surface area contributed by atoms with Crippen LogP contribution < -0.4 is 4.72 Å². The van der Waals surface area contributed by atoms with Crippen LogP contribution in [-0.4, -0.2) is 33.4 Å². The third kappa shape index (κ3) is 2.19. The Labute approximate surface area is 91.4 Å². The first-order valence-electron chi connectivity index (χ1n) is 5.66. The summed E-state index contributed by atoms with van der Waals surface area (Å²) in [5, 5.41) is 0. The van der Waals surface area contributed by atoms with Gasteiger partial charge in [-0.25, -0.2) is 13.1 Å². The zero-order chi connectivity index (χ0) is 10.9. The third-order valence-corrected chi connectivity index (χ3v) is 5.26. The smallest absolute Gasteiger partial charge is 0.211 e. The summed E-state index contributed by atoms with van der Waals surface area (Å²) < 4.78 is 31.1. The number of rotatable bonds is 3. The molecule has 2 rings (SSSR count). The van der Waals surface area contributed by atoms with Crippen molar-refractivity contribution in [3.63, 3.8) is 0 Å². The first-order chi connectivity index (χ1) is 7.08. The highest BCUT2D eigenvalue weighted by atomic mass is 32.2. The van der Waals surface area contributed by atoms with E-state index in [2.05, 4.69) is 4.72 Å². The zero-order valence-corrected chi connectivity index (χ0v) is 9.98. The quantitative estimate of drug-likeness (QED) is 0.787. The van der Waals surface area contributed by atoms with E-state index in [4.69, 9.17) is 4.74 Å². The van der Waals surface area contributed by atoms with Crippen molar-refractivity contribution in [2.24, 2.45) is 5.41 Å². The topological polar surface area (TPSA) is 55.4 Å². The molecular formula is C10H19NO3S. The lowest BCUT2D eigenvalue weighted by Crippen LogP contribution is -2.57. The molecule has 1 aliphatic carbocycles. The lowest BCUT2D eigenvalue weighted by atomic mass is 9.60. The molecule has 0 aromatic carbocycles. The normalized spacial score (nSPS) is 30.1. The summed E-state index contributed by atoms with van der Waals surface area (Å²) in [6, 6.07) is 0.159. The van der Waals surface area contributed by atoms with Gasteiger partial charge in [-0.05, 0) is 38.0 Å². The van der Waals surface area contributed by atoms with Crippen molar-refractivity contribution in [2.75, 3.05) is 19.0 Å². The summed E-state index contributed by atoms with van der Waals surface area (Å²) in [7, 11) is -3.05. The summed E-state index contributed by atoms with van der Waals surface area (Å²) in [5.74, 6) is 0.177. The Morgan fingerprint density at radius 1 is 1.33 bits per heavy atom. The molecule has 0 bridgehead atoms. The fourth-order valence-corrected chi connectivity index (χ4v) is 3.53. The SMILES string of the molecule is CCS(=O)(=O)NC1CCC12CCOCC2. The maximum absolute atomic E-state index is 11.5. The van der Waals surface area contributed by atoms with Crippen LogP contribution >= 0.6 is 0 Å². The van der Waals surface area contributed by atoms with E-state index in [9.17, 15) is 8.42 Å². The van der Waals surface area contributed by atoms with Crippen molar-refractivity contribution in [3.8, 4) is 0 Å². The van der Waals surface area contributed by atoms with Crippen LogP contribution in [0.1, 0.15) is 32.6 Å². The van der Waals surface area contributed by atoms with Crippen LogP contribution in [0.3, 0.4) is 0 Å². The molecule has 0 aromatic rings. The molecule has 1 heterocycles. The highest BCUT2D eigenvalue weighted by Gasteiger charge is 2.48. The molecule has 1 atom stereocenters. The largest absolute Gasteiger partial charge is 0.381 e.